The predicted octanol–water partition coefficient (Wildman–Crippen LogP) is 3.58. The maximum atomic E-state index is 13.6. The lowest BCUT2D eigenvalue weighted by molar-refractivity contribution is -0.387. The Morgan fingerprint density at radius 2 is 1.90 bits per heavy atom. The van der Waals surface area contributed by atoms with Crippen molar-refractivity contribution in [2.45, 2.75) is 9.79 Å². The third-order valence-electron chi connectivity index (χ3n) is 2.46. The summed E-state index contributed by atoms with van der Waals surface area (Å²) in [6.45, 7) is 0. The van der Waals surface area contributed by atoms with E-state index in [1.807, 2.05) is 0 Å². The summed E-state index contributed by atoms with van der Waals surface area (Å²) in [6, 6.07) is 9.21. The number of carbonyl (C=O) groups is 1. The van der Waals surface area contributed by atoms with Crippen LogP contribution in [0.25, 0.3) is 0 Å². The van der Waals surface area contributed by atoms with Gasteiger partial charge in [-0.15, -0.1) is 0 Å². The minimum absolute atomic E-state index is 0.0833. The zero-order valence-corrected chi connectivity index (χ0v) is 10.8. The first-order valence-corrected chi connectivity index (χ1v) is 6.25. The highest BCUT2D eigenvalue weighted by Gasteiger charge is 2.18. The lowest BCUT2D eigenvalue weighted by atomic mass is 10.2. The topological polar surface area (TPSA) is 80.4 Å². The smallest absolute Gasteiger partial charge is 0.335 e. The van der Waals surface area contributed by atoms with Crippen molar-refractivity contribution in [1.29, 1.82) is 0 Å². The molecule has 0 amide bonds. The van der Waals surface area contributed by atoms with Crippen LogP contribution in [0.4, 0.5) is 10.1 Å². The minimum Gasteiger partial charge on any atom is -0.478 e. The highest BCUT2D eigenvalue weighted by atomic mass is 32.2. The first kappa shape index (κ1) is 14.0. The van der Waals surface area contributed by atoms with E-state index < -0.39 is 16.7 Å². The average Bonchev–Trinajstić information content (AvgIpc) is 2.41. The molecule has 0 atom stereocenters. The fourth-order valence-electron chi connectivity index (χ4n) is 1.53. The zero-order valence-electron chi connectivity index (χ0n) is 9.95. The van der Waals surface area contributed by atoms with Gasteiger partial charge in [0.1, 0.15) is 5.82 Å². The summed E-state index contributed by atoms with van der Waals surface area (Å²) >= 11 is 0.821. The van der Waals surface area contributed by atoms with Gasteiger partial charge in [0.15, 0.2) is 0 Å². The van der Waals surface area contributed by atoms with Crippen LogP contribution in [-0.4, -0.2) is 16.0 Å². The number of nitro groups is 1. The molecule has 2 aromatic carbocycles. The molecule has 2 rings (SSSR count). The third kappa shape index (κ3) is 2.94. The molecule has 0 radical (unpaired) electrons. The van der Waals surface area contributed by atoms with Crippen LogP contribution in [0.5, 0.6) is 0 Å². The first-order valence-electron chi connectivity index (χ1n) is 5.43. The molecular formula is C13H8FNO4S. The fourth-order valence-corrected chi connectivity index (χ4v) is 2.51. The van der Waals surface area contributed by atoms with E-state index in [1.165, 1.54) is 18.2 Å². The van der Waals surface area contributed by atoms with Gasteiger partial charge in [-0.1, -0.05) is 23.9 Å². The second kappa shape index (κ2) is 5.70. The number of carboxylic acids is 1. The molecule has 0 spiro atoms. The molecule has 0 aliphatic carbocycles. The summed E-state index contributed by atoms with van der Waals surface area (Å²) < 4.78 is 13.6. The first-order chi connectivity index (χ1) is 9.49. The van der Waals surface area contributed by atoms with Gasteiger partial charge in [0.2, 0.25) is 0 Å². The molecule has 102 valence electrons. The van der Waals surface area contributed by atoms with Crippen LogP contribution >= 0.6 is 11.8 Å². The second-order valence-electron chi connectivity index (χ2n) is 3.78. The van der Waals surface area contributed by atoms with Gasteiger partial charge in [-0.3, -0.25) is 10.1 Å². The van der Waals surface area contributed by atoms with Crippen LogP contribution in [0, 0.1) is 15.9 Å². The highest BCUT2D eigenvalue weighted by molar-refractivity contribution is 7.99. The van der Waals surface area contributed by atoms with Crippen LogP contribution in [0.2, 0.25) is 0 Å². The molecule has 0 aliphatic heterocycles. The van der Waals surface area contributed by atoms with Crippen molar-refractivity contribution in [2.24, 2.45) is 0 Å². The van der Waals surface area contributed by atoms with Gasteiger partial charge in [-0.05, 0) is 24.3 Å². The fraction of sp³-hybridized carbons (Fsp3) is 0. The molecule has 0 aliphatic rings. The molecule has 0 bridgehead atoms. The summed E-state index contributed by atoms with van der Waals surface area (Å²) in [7, 11) is 0. The Kier molecular flexibility index (Phi) is 3.99. The van der Waals surface area contributed by atoms with E-state index in [-0.39, 0.29) is 21.0 Å². The summed E-state index contributed by atoms with van der Waals surface area (Å²) in [5.41, 5.74) is -0.349. The van der Waals surface area contributed by atoms with Crippen molar-refractivity contribution in [1.82, 2.24) is 0 Å². The molecular weight excluding hydrogens is 285 g/mol. The quantitative estimate of drug-likeness (QED) is 0.688. The van der Waals surface area contributed by atoms with Gasteiger partial charge < -0.3 is 5.11 Å². The molecule has 0 saturated heterocycles. The number of rotatable bonds is 4. The van der Waals surface area contributed by atoms with E-state index in [1.54, 1.807) is 6.07 Å². The van der Waals surface area contributed by atoms with Gasteiger partial charge in [0, 0.05) is 11.0 Å². The summed E-state index contributed by atoms with van der Waals surface area (Å²) in [6.07, 6.45) is 0. The molecule has 0 aromatic heterocycles. The number of halogens is 1. The normalized spacial score (nSPS) is 10.2. The number of nitro benzene ring substituents is 1. The Morgan fingerprint density at radius 1 is 1.20 bits per heavy atom. The van der Waals surface area contributed by atoms with E-state index in [0.29, 0.717) is 0 Å². The maximum Gasteiger partial charge on any atom is 0.335 e. The SMILES string of the molecule is O=C(O)c1ccc([N+](=O)[O-])c(Sc2ccccc2F)c1. The third-order valence-corrected chi connectivity index (χ3v) is 3.56. The van der Waals surface area contributed by atoms with Crippen molar-refractivity contribution in [3.05, 3.63) is 64.0 Å². The number of carboxylic acid groups (broad SMARTS) is 1. The van der Waals surface area contributed by atoms with Crippen molar-refractivity contribution >= 4 is 23.4 Å². The van der Waals surface area contributed by atoms with Gasteiger partial charge in [-0.2, -0.15) is 0 Å². The lowest BCUT2D eigenvalue weighted by Crippen LogP contribution is -1.98. The Labute approximate surface area is 117 Å². The molecule has 0 saturated carbocycles. The van der Waals surface area contributed by atoms with Crippen LogP contribution < -0.4 is 0 Å². The van der Waals surface area contributed by atoms with Gasteiger partial charge >= 0.3 is 5.97 Å². The van der Waals surface area contributed by atoms with E-state index in [9.17, 15) is 19.3 Å². The van der Waals surface area contributed by atoms with E-state index in [4.69, 9.17) is 5.11 Å². The molecule has 1 N–H and O–H groups in total. The van der Waals surface area contributed by atoms with Crippen LogP contribution in [0.1, 0.15) is 10.4 Å². The Hall–Kier alpha value is -2.41. The van der Waals surface area contributed by atoms with E-state index in [0.717, 1.165) is 30.0 Å². The summed E-state index contributed by atoms with van der Waals surface area (Å²) in [4.78, 5) is 21.5. The molecule has 2 aromatic rings. The Bertz CT molecular complexity index is 690. The number of nitrogens with zero attached hydrogens (tertiary/aromatic N) is 1. The Balaban J connectivity index is 2.48. The van der Waals surface area contributed by atoms with Gasteiger partial charge in [-0.25, -0.2) is 9.18 Å². The standard InChI is InChI=1S/C13H8FNO4S/c14-9-3-1-2-4-11(9)20-12-7-8(13(16)17)5-6-10(12)15(18)19/h1-7H,(H,16,17). The minimum atomic E-state index is -1.20. The predicted molar refractivity (Wildman–Crippen MR) is 70.6 cm³/mol. The van der Waals surface area contributed by atoms with Crippen molar-refractivity contribution < 1.29 is 19.2 Å². The van der Waals surface area contributed by atoms with E-state index >= 15 is 0 Å². The molecule has 0 unspecified atom stereocenters. The van der Waals surface area contributed by atoms with Crippen molar-refractivity contribution in [3.63, 3.8) is 0 Å². The summed E-state index contributed by atoms with van der Waals surface area (Å²) in [5.74, 6) is -1.72. The van der Waals surface area contributed by atoms with E-state index in [2.05, 4.69) is 0 Å². The molecule has 0 heterocycles. The number of hydrogen-bond acceptors (Lipinski definition) is 4. The van der Waals surface area contributed by atoms with Gasteiger partial charge in [0.05, 0.1) is 15.4 Å². The van der Waals surface area contributed by atoms with Gasteiger partial charge in [0.25, 0.3) is 5.69 Å². The Morgan fingerprint density at radius 3 is 2.50 bits per heavy atom. The monoisotopic (exact) mass is 293 g/mol. The largest absolute Gasteiger partial charge is 0.478 e. The van der Waals surface area contributed by atoms with Crippen LogP contribution in [0.3, 0.4) is 0 Å². The van der Waals surface area contributed by atoms with Crippen LogP contribution in [-0.2, 0) is 0 Å². The number of hydrogen-bond donors (Lipinski definition) is 1. The second-order valence-corrected chi connectivity index (χ2v) is 4.86. The molecule has 7 heteroatoms. The molecule has 5 nitrogen and oxygen atoms in total. The summed E-state index contributed by atoms with van der Waals surface area (Å²) in [5, 5.41) is 19.8. The number of aromatic carboxylic acids is 1. The van der Waals surface area contributed by atoms with Crippen LogP contribution in [0.15, 0.2) is 52.3 Å². The zero-order chi connectivity index (χ0) is 14.7. The number of benzene rings is 2. The van der Waals surface area contributed by atoms with Crippen molar-refractivity contribution in [2.75, 3.05) is 0 Å². The lowest BCUT2D eigenvalue weighted by Gasteiger charge is -2.05. The van der Waals surface area contributed by atoms with Crippen molar-refractivity contribution in [3.8, 4) is 0 Å². The average molecular weight is 293 g/mol. The molecule has 0 fully saturated rings. The molecule has 20 heavy (non-hydrogen) atoms. The highest BCUT2D eigenvalue weighted by Crippen LogP contribution is 2.36. The maximum absolute atomic E-state index is 13.6.